The van der Waals surface area contributed by atoms with E-state index in [2.05, 4.69) is 9.97 Å². The topological polar surface area (TPSA) is 76.5 Å². The fraction of sp³-hybridized carbons (Fsp3) is 0.158. The molecule has 0 atom stereocenters. The number of alkyl halides is 3. The van der Waals surface area contributed by atoms with Crippen LogP contribution in [-0.2, 0) is 13.2 Å². The van der Waals surface area contributed by atoms with Crippen molar-refractivity contribution in [1.82, 2.24) is 19.1 Å². The zero-order valence-electron chi connectivity index (χ0n) is 14.7. The first-order valence-electron chi connectivity index (χ1n) is 8.19. The van der Waals surface area contributed by atoms with Crippen molar-refractivity contribution in [3.63, 3.8) is 0 Å². The minimum Gasteiger partial charge on any atom is -0.331 e. The van der Waals surface area contributed by atoms with Crippen LogP contribution in [0.25, 0.3) is 27.8 Å². The van der Waals surface area contributed by atoms with E-state index in [0.717, 1.165) is 10.6 Å². The van der Waals surface area contributed by atoms with Gasteiger partial charge in [-0.3, -0.25) is 9.36 Å². The molecule has 140 valence electrons. The van der Waals surface area contributed by atoms with E-state index < -0.39 is 17.4 Å². The molecule has 4 aromatic rings. The Kier molecular flexibility index (Phi) is 3.75. The fourth-order valence-corrected chi connectivity index (χ4v) is 3.19. The van der Waals surface area contributed by atoms with Crippen LogP contribution in [0.4, 0.5) is 13.2 Å². The third kappa shape index (κ3) is 2.53. The van der Waals surface area contributed by atoms with Crippen LogP contribution >= 0.6 is 0 Å². The van der Waals surface area contributed by atoms with Crippen LogP contribution in [0.15, 0.2) is 41.2 Å². The molecule has 0 spiro atoms. The van der Waals surface area contributed by atoms with Gasteiger partial charge in [-0.15, -0.1) is 0 Å². The predicted octanol–water partition coefficient (Wildman–Crippen LogP) is 3.47. The van der Waals surface area contributed by atoms with Crippen LogP contribution in [0.3, 0.4) is 0 Å². The number of hydrogen-bond donors (Lipinski definition) is 0. The molecule has 0 fully saturated rings. The molecule has 0 aliphatic rings. The van der Waals surface area contributed by atoms with Gasteiger partial charge in [-0.2, -0.15) is 18.4 Å². The Balaban J connectivity index is 2.24. The summed E-state index contributed by atoms with van der Waals surface area (Å²) in [5, 5.41) is 9.49. The molecule has 0 saturated carbocycles. The molecule has 3 aromatic heterocycles. The van der Waals surface area contributed by atoms with Gasteiger partial charge in [-0.25, -0.2) is 9.97 Å². The summed E-state index contributed by atoms with van der Waals surface area (Å²) in [6.07, 6.45) is -4.67. The molecular formula is C19H12F3N5O. The van der Waals surface area contributed by atoms with Gasteiger partial charge in [0.25, 0.3) is 5.56 Å². The molecule has 0 amide bonds. The number of nitrogens with zero attached hydrogens (tertiary/aromatic N) is 5. The Morgan fingerprint density at radius 1 is 1.14 bits per heavy atom. The number of pyridine rings is 2. The van der Waals surface area contributed by atoms with Crippen molar-refractivity contribution >= 4 is 22.1 Å². The largest absolute Gasteiger partial charge is 0.433 e. The van der Waals surface area contributed by atoms with E-state index in [0.29, 0.717) is 16.7 Å². The molecule has 9 heteroatoms. The third-order valence-electron chi connectivity index (χ3n) is 4.59. The van der Waals surface area contributed by atoms with Gasteiger partial charge in [-0.05, 0) is 37.3 Å². The van der Waals surface area contributed by atoms with Gasteiger partial charge in [0.15, 0.2) is 5.52 Å². The Hall–Kier alpha value is -3.67. The molecule has 6 nitrogen and oxygen atoms in total. The van der Waals surface area contributed by atoms with E-state index in [4.69, 9.17) is 5.26 Å². The fourth-order valence-electron chi connectivity index (χ4n) is 3.19. The van der Waals surface area contributed by atoms with E-state index in [1.807, 2.05) is 6.07 Å². The van der Waals surface area contributed by atoms with Crippen molar-refractivity contribution in [3.8, 4) is 11.8 Å². The highest BCUT2D eigenvalue weighted by molar-refractivity contribution is 6.01. The SMILES string of the molecule is Cc1nc2c(=O)n(-c3cccc(C#N)c3)c3nc(C(F)(F)F)ccc3c2n1C. The molecule has 0 aliphatic heterocycles. The number of benzene rings is 1. The number of aromatic nitrogens is 4. The van der Waals surface area contributed by atoms with Crippen molar-refractivity contribution in [1.29, 1.82) is 5.26 Å². The number of hydrogen-bond acceptors (Lipinski definition) is 4. The van der Waals surface area contributed by atoms with E-state index in [1.54, 1.807) is 24.6 Å². The lowest BCUT2D eigenvalue weighted by molar-refractivity contribution is -0.141. The van der Waals surface area contributed by atoms with Crippen LogP contribution in [0, 0.1) is 18.3 Å². The molecule has 28 heavy (non-hydrogen) atoms. The molecule has 3 heterocycles. The van der Waals surface area contributed by atoms with Gasteiger partial charge in [0.2, 0.25) is 0 Å². The minimum absolute atomic E-state index is 0.122. The maximum Gasteiger partial charge on any atom is 0.433 e. The zero-order chi connectivity index (χ0) is 20.2. The maximum atomic E-state index is 13.3. The van der Waals surface area contributed by atoms with E-state index in [1.165, 1.54) is 24.3 Å². The first-order valence-corrected chi connectivity index (χ1v) is 8.19. The quantitative estimate of drug-likeness (QED) is 0.504. The van der Waals surface area contributed by atoms with Crippen LogP contribution in [-0.4, -0.2) is 19.1 Å². The smallest absolute Gasteiger partial charge is 0.331 e. The third-order valence-corrected chi connectivity index (χ3v) is 4.59. The summed E-state index contributed by atoms with van der Waals surface area (Å²) in [4.78, 5) is 21.2. The molecule has 0 unspecified atom stereocenters. The van der Waals surface area contributed by atoms with Gasteiger partial charge in [0, 0.05) is 12.4 Å². The van der Waals surface area contributed by atoms with E-state index in [9.17, 15) is 18.0 Å². The monoisotopic (exact) mass is 383 g/mol. The second kappa shape index (κ2) is 5.92. The molecule has 4 rings (SSSR count). The van der Waals surface area contributed by atoms with Gasteiger partial charge >= 0.3 is 6.18 Å². The van der Waals surface area contributed by atoms with Gasteiger partial charge in [0.05, 0.1) is 22.8 Å². The van der Waals surface area contributed by atoms with Gasteiger partial charge in [-0.1, -0.05) is 6.07 Å². The number of aryl methyl sites for hydroxylation is 2. The van der Waals surface area contributed by atoms with Crippen LogP contribution in [0.2, 0.25) is 0 Å². The van der Waals surface area contributed by atoms with Crippen molar-refractivity contribution in [2.24, 2.45) is 7.05 Å². The van der Waals surface area contributed by atoms with Crippen LogP contribution < -0.4 is 5.56 Å². The van der Waals surface area contributed by atoms with E-state index in [-0.39, 0.29) is 22.4 Å². The number of rotatable bonds is 1. The van der Waals surface area contributed by atoms with Crippen LogP contribution in [0.5, 0.6) is 0 Å². The normalized spacial score (nSPS) is 11.9. The predicted molar refractivity (Wildman–Crippen MR) is 96.1 cm³/mol. The number of fused-ring (bicyclic) bond motifs is 3. The highest BCUT2D eigenvalue weighted by atomic mass is 19.4. The molecule has 0 N–H and O–H groups in total. The average molecular weight is 383 g/mol. The highest BCUT2D eigenvalue weighted by Gasteiger charge is 2.33. The summed E-state index contributed by atoms with van der Waals surface area (Å²) >= 11 is 0. The standard InChI is InChI=1S/C19H12F3N5O/c1-10-24-15-16(26(10)2)13-6-7-14(19(20,21)22)25-17(13)27(18(15)28)12-5-3-4-11(8-12)9-23/h3-8H,1-2H3. The van der Waals surface area contributed by atoms with Gasteiger partial charge in [0.1, 0.15) is 17.2 Å². The number of nitriles is 1. The minimum atomic E-state index is -4.67. The summed E-state index contributed by atoms with van der Waals surface area (Å²) in [5.41, 5.74) is -0.822. The first-order chi connectivity index (χ1) is 13.2. The molecule has 0 bridgehead atoms. The van der Waals surface area contributed by atoms with Crippen molar-refractivity contribution in [3.05, 3.63) is 63.8 Å². The summed E-state index contributed by atoms with van der Waals surface area (Å²) in [5.74, 6) is 0.539. The molecule has 0 aliphatic carbocycles. The molecule has 0 saturated heterocycles. The second-order valence-corrected chi connectivity index (χ2v) is 6.28. The Morgan fingerprint density at radius 2 is 1.89 bits per heavy atom. The molecule has 1 aromatic carbocycles. The van der Waals surface area contributed by atoms with Crippen molar-refractivity contribution in [2.75, 3.05) is 0 Å². The zero-order valence-corrected chi connectivity index (χ0v) is 14.7. The lowest BCUT2D eigenvalue weighted by Gasteiger charge is -2.13. The second-order valence-electron chi connectivity index (χ2n) is 6.28. The average Bonchev–Trinajstić information content (AvgIpc) is 2.96. The number of halogens is 3. The Morgan fingerprint density at radius 3 is 2.57 bits per heavy atom. The van der Waals surface area contributed by atoms with Crippen molar-refractivity contribution in [2.45, 2.75) is 13.1 Å². The maximum absolute atomic E-state index is 13.3. The summed E-state index contributed by atoms with van der Waals surface area (Å²) in [6, 6.07) is 10.2. The Labute approximate surface area is 156 Å². The first kappa shape index (κ1) is 17.7. The molecular weight excluding hydrogens is 371 g/mol. The lowest BCUT2D eigenvalue weighted by atomic mass is 10.1. The van der Waals surface area contributed by atoms with Crippen molar-refractivity contribution < 1.29 is 13.2 Å². The van der Waals surface area contributed by atoms with E-state index >= 15 is 0 Å². The highest BCUT2D eigenvalue weighted by Crippen LogP contribution is 2.31. The van der Waals surface area contributed by atoms with Crippen LogP contribution in [0.1, 0.15) is 17.1 Å². The number of imidazole rings is 1. The van der Waals surface area contributed by atoms with Gasteiger partial charge < -0.3 is 4.57 Å². The summed E-state index contributed by atoms with van der Waals surface area (Å²) in [7, 11) is 1.68. The Bertz CT molecular complexity index is 1360. The lowest BCUT2D eigenvalue weighted by Crippen LogP contribution is -2.21. The molecule has 0 radical (unpaired) electrons. The summed E-state index contributed by atoms with van der Waals surface area (Å²) < 4.78 is 42.5. The summed E-state index contributed by atoms with van der Waals surface area (Å²) in [6.45, 7) is 1.70.